The Hall–Kier alpha value is -2.18. The number of ether oxygens (including phenoxy) is 1. The van der Waals surface area contributed by atoms with Crippen LogP contribution >= 0.6 is 0 Å². The average Bonchev–Trinajstić information content (AvgIpc) is 3.09. The molecule has 0 bridgehead atoms. The number of rotatable bonds is 6. The Labute approximate surface area is 195 Å². The van der Waals surface area contributed by atoms with Crippen LogP contribution < -0.4 is 5.32 Å². The number of carboxylic acid groups (broad SMARTS) is 1. The number of esters is 1. The molecule has 7 nitrogen and oxygen atoms in total. The van der Waals surface area contributed by atoms with E-state index in [2.05, 4.69) is 19.2 Å². The minimum atomic E-state index is -1.11. The number of aliphatic carboxylic acids is 1. The monoisotopic (exact) mass is 459 g/mol. The molecule has 0 aromatic carbocycles. The van der Waals surface area contributed by atoms with Crippen molar-refractivity contribution >= 4 is 23.6 Å². The van der Waals surface area contributed by atoms with Crippen molar-refractivity contribution in [1.82, 2.24) is 5.32 Å². The van der Waals surface area contributed by atoms with Crippen molar-refractivity contribution in [2.75, 3.05) is 0 Å². The summed E-state index contributed by atoms with van der Waals surface area (Å²) in [6, 6.07) is -0.979. The summed E-state index contributed by atoms with van der Waals surface area (Å²) >= 11 is 0. The average molecular weight is 460 g/mol. The molecule has 0 aromatic heterocycles. The standard InChI is InChI=1S/C26H37NO6/c1-15(24(31)32)27-22(29)8-9-23(30)33-21-7-6-19-18-5-4-16-14-17(28)10-12-25(16,2)20(18)11-13-26(19,21)3/h14-15,18-21H,4-13H2,1-3H3,(H,27,29)(H,31,32)/t15-,18+,19+,20+,21+,25-,26-/m0/s1. The Morgan fingerprint density at radius 2 is 1.85 bits per heavy atom. The maximum Gasteiger partial charge on any atom is 0.325 e. The van der Waals surface area contributed by atoms with Gasteiger partial charge in [0.1, 0.15) is 12.1 Å². The second kappa shape index (κ2) is 8.88. The molecule has 4 aliphatic carbocycles. The molecule has 2 N–H and O–H groups in total. The molecule has 4 aliphatic rings. The molecule has 0 radical (unpaired) electrons. The first-order valence-electron chi connectivity index (χ1n) is 12.5. The normalized spacial score (nSPS) is 38.3. The van der Waals surface area contributed by atoms with Gasteiger partial charge < -0.3 is 15.2 Å². The fraction of sp³-hybridized carbons (Fsp3) is 0.769. The number of carbonyl (C=O) groups is 4. The van der Waals surface area contributed by atoms with Gasteiger partial charge in [-0.3, -0.25) is 19.2 Å². The largest absolute Gasteiger partial charge is 0.480 e. The molecule has 0 spiro atoms. The summed E-state index contributed by atoms with van der Waals surface area (Å²) in [6.45, 7) is 6.04. The van der Waals surface area contributed by atoms with E-state index in [0.717, 1.165) is 44.9 Å². The van der Waals surface area contributed by atoms with E-state index in [4.69, 9.17) is 9.84 Å². The van der Waals surface area contributed by atoms with E-state index in [1.807, 2.05) is 6.08 Å². The third kappa shape index (κ3) is 4.35. The molecule has 3 saturated carbocycles. The lowest BCUT2D eigenvalue weighted by molar-refractivity contribution is -0.160. The second-order valence-electron chi connectivity index (χ2n) is 11.2. The molecule has 3 fully saturated rings. The summed E-state index contributed by atoms with van der Waals surface area (Å²) < 4.78 is 5.92. The summed E-state index contributed by atoms with van der Waals surface area (Å²) in [5, 5.41) is 11.3. The summed E-state index contributed by atoms with van der Waals surface area (Å²) in [5.41, 5.74) is 1.45. The first-order chi connectivity index (χ1) is 15.5. The van der Waals surface area contributed by atoms with Crippen molar-refractivity contribution in [1.29, 1.82) is 0 Å². The minimum absolute atomic E-state index is 0.0400. The van der Waals surface area contributed by atoms with Crippen molar-refractivity contribution in [2.24, 2.45) is 28.6 Å². The van der Waals surface area contributed by atoms with E-state index in [1.165, 1.54) is 12.5 Å². The van der Waals surface area contributed by atoms with Crippen LogP contribution in [0.3, 0.4) is 0 Å². The van der Waals surface area contributed by atoms with E-state index >= 15 is 0 Å². The van der Waals surface area contributed by atoms with Gasteiger partial charge in [-0.15, -0.1) is 0 Å². The highest BCUT2D eigenvalue weighted by atomic mass is 16.5. The lowest BCUT2D eigenvalue weighted by Gasteiger charge is -2.57. The molecule has 182 valence electrons. The van der Waals surface area contributed by atoms with E-state index < -0.39 is 17.9 Å². The summed E-state index contributed by atoms with van der Waals surface area (Å²) in [5.74, 6) is 0.0526. The molecule has 33 heavy (non-hydrogen) atoms. The number of ketones is 1. The van der Waals surface area contributed by atoms with Gasteiger partial charge >= 0.3 is 11.9 Å². The number of carbonyl (C=O) groups excluding carboxylic acids is 3. The maximum atomic E-state index is 12.5. The number of amides is 1. The number of hydrogen-bond donors (Lipinski definition) is 2. The SMILES string of the molecule is C[C@H](NC(=O)CCC(=O)O[C@@H]1CC[C@@H]2[C@H]3CCC4=CC(=O)CC[C@]4(C)[C@@H]3CC[C@@]21C)C(=O)O. The van der Waals surface area contributed by atoms with Crippen LogP contribution in [0, 0.1) is 28.6 Å². The van der Waals surface area contributed by atoms with Gasteiger partial charge in [-0.1, -0.05) is 19.4 Å². The Morgan fingerprint density at radius 1 is 1.09 bits per heavy atom. The smallest absolute Gasteiger partial charge is 0.325 e. The van der Waals surface area contributed by atoms with Gasteiger partial charge in [-0.05, 0) is 81.1 Å². The number of fused-ring (bicyclic) bond motifs is 5. The maximum absolute atomic E-state index is 12.5. The lowest BCUT2D eigenvalue weighted by atomic mass is 9.47. The highest BCUT2D eigenvalue weighted by Crippen LogP contribution is 2.65. The van der Waals surface area contributed by atoms with Crippen molar-refractivity contribution in [3.63, 3.8) is 0 Å². The predicted octanol–water partition coefficient (Wildman–Crippen LogP) is 3.80. The Morgan fingerprint density at radius 3 is 2.58 bits per heavy atom. The molecule has 0 aromatic rings. The van der Waals surface area contributed by atoms with E-state index in [9.17, 15) is 19.2 Å². The van der Waals surface area contributed by atoms with E-state index in [-0.39, 0.29) is 41.5 Å². The molecule has 0 heterocycles. The van der Waals surface area contributed by atoms with Crippen molar-refractivity contribution in [2.45, 2.75) is 97.1 Å². The van der Waals surface area contributed by atoms with Crippen LogP contribution in [0.25, 0.3) is 0 Å². The van der Waals surface area contributed by atoms with Crippen LogP contribution in [0.15, 0.2) is 11.6 Å². The van der Waals surface area contributed by atoms with Gasteiger partial charge in [0.15, 0.2) is 5.78 Å². The van der Waals surface area contributed by atoms with Crippen molar-refractivity contribution in [3.05, 3.63) is 11.6 Å². The molecule has 0 saturated heterocycles. The number of nitrogens with one attached hydrogen (secondary N) is 1. The van der Waals surface area contributed by atoms with Gasteiger partial charge in [0.2, 0.25) is 5.91 Å². The highest BCUT2D eigenvalue weighted by Gasteiger charge is 2.59. The molecule has 1 amide bonds. The zero-order valence-electron chi connectivity index (χ0n) is 20.0. The first-order valence-corrected chi connectivity index (χ1v) is 12.5. The van der Waals surface area contributed by atoms with Gasteiger partial charge in [0.25, 0.3) is 0 Å². The van der Waals surface area contributed by atoms with Gasteiger partial charge in [-0.25, -0.2) is 0 Å². The highest BCUT2D eigenvalue weighted by molar-refractivity contribution is 5.91. The van der Waals surface area contributed by atoms with Crippen LogP contribution in [-0.2, 0) is 23.9 Å². The number of hydrogen-bond acceptors (Lipinski definition) is 5. The third-order valence-corrected chi connectivity index (χ3v) is 9.45. The van der Waals surface area contributed by atoms with Crippen LogP contribution in [0.5, 0.6) is 0 Å². The lowest BCUT2D eigenvalue weighted by Crippen LogP contribution is -2.51. The van der Waals surface area contributed by atoms with Gasteiger partial charge in [0.05, 0.1) is 6.42 Å². The molecule has 0 unspecified atom stereocenters. The summed E-state index contributed by atoms with van der Waals surface area (Å²) in [7, 11) is 0. The van der Waals surface area contributed by atoms with Crippen LogP contribution in [0.2, 0.25) is 0 Å². The van der Waals surface area contributed by atoms with E-state index in [1.54, 1.807) is 0 Å². The minimum Gasteiger partial charge on any atom is -0.480 e. The zero-order chi connectivity index (χ0) is 24.0. The van der Waals surface area contributed by atoms with Crippen LogP contribution in [-0.4, -0.2) is 40.9 Å². The molecule has 7 atom stereocenters. The Bertz CT molecular complexity index is 880. The first kappa shape index (κ1) is 24.0. The van der Waals surface area contributed by atoms with E-state index in [0.29, 0.717) is 24.2 Å². The van der Waals surface area contributed by atoms with Crippen molar-refractivity contribution in [3.8, 4) is 0 Å². The summed E-state index contributed by atoms with van der Waals surface area (Å²) in [4.78, 5) is 47.3. The van der Waals surface area contributed by atoms with Gasteiger partial charge in [-0.2, -0.15) is 0 Å². The van der Waals surface area contributed by atoms with Crippen LogP contribution in [0.1, 0.15) is 85.0 Å². The third-order valence-electron chi connectivity index (χ3n) is 9.45. The number of carboxylic acids is 1. The molecule has 0 aliphatic heterocycles. The topological polar surface area (TPSA) is 110 Å². The zero-order valence-corrected chi connectivity index (χ0v) is 20.0. The summed E-state index contributed by atoms with van der Waals surface area (Å²) in [6.07, 6.45) is 9.46. The van der Waals surface area contributed by atoms with Crippen LogP contribution in [0.4, 0.5) is 0 Å². The molecule has 7 heteroatoms. The fourth-order valence-electron chi connectivity index (χ4n) is 7.51. The predicted molar refractivity (Wildman–Crippen MR) is 121 cm³/mol. The Kier molecular flexibility index (Phi) is 6.45. The quantitative estimate of drug-likeness (QED) is 0.585. The molecular formula is C26H37NO6. The van der Waals surface area contributed by atoms with Crippen molar-refractivity contribution < 1.29 is 29.0 Å². The second-order valence-corrected chi connectivity index (χ2v) is 11.2. The fourth-order valence-corrected chi connectivity index (χ4v) is 7.51. The van der Waals surface area contributed by atoms with Gasteiger partial charge in [0, 0.05) is 18.3 Å². The Balaban J connectivity index is 1.37. The molecule has 4 rings (SSSR count). The number of allylic oxidation sites excluding steroid dienone is 1. The molecular weight excluding hydrogens is 422 g/mol.